The number of primary amides is 2. The maximum atomic E-state index is 9.00. The molecule has 0 aromatic rings. The minimum Gasteiger partial charge on any atom is -0.394 e. The fourth-order valence-corrected chi connectivity index (χ4v) is 0.0577. The number of hydrogen-bond acceptors (Lipinski definition) is 7. The first-order chi connectivity index (χ1) is 8.22. The summed E-state index contributed by atoms with van der Waals surface area (Å²) in [5.41, 5.74) is 8.50. The van der Waals surface area contributed by atoms with Crippen LogP contribution in [0.2, 0.25) is 0 Å². The Bertz CT molecular complexity index is 139. The van der Waals surface area contributed by atoms with E-state index in [9.17, 15) is 0 Å². The molecule has 9 nitrogen and oxygen atoms in total. The number of aliphatic hydroxyl groups excluding tert-OH is 5. The molecule has 0 saturated carbocycles. The summed E-state index contributed by atoms with van der Waals surface area (Å²) in [5, 5.41) is 40.0. The lowest BCUT2D eigenvalue weighted by molar-refractivity contribution is 0.0450. The van der Waals surface area contributed by atoms with Crippen molar-refractivity contribution in [2.45, 2.75) is 19.1 Å². The van der Waals surface area contributed by atoms with Crippen LogP contribution in [-0.2, 0) is 4.74 Å². The fourth-order valence-electron chi connectivity index (χ4n) is 0.0577. The molecular weight excluding hydrogens is 248 g/mol. The van der Waals surface area contributed by atoms with E-state index in [2.05, 4.69) is 16.2 Å². The van der Waals surface area contributed by atoms with Gasteiger partial charge in [-0.15, -0.1) is 0 Å². The molecule has 0 aliphatic rings. The van der Waals surface area contributed by atoms with E-state index in [0.29, 0.717) is 0 Å². The lowest BCUT2D eigenvalue weighted by atomic mass is 10.4. The van der Waals surface area contributed by atoms with Crippen LogP contribution in [0.5, 0.6) is 0 Å². The molecule has 9 heteroatoms. The summed E-state index contributed by atoms with van der Waals surface area (Å²) in [4.78, 5) is 9.00. The molecule has 0 aliphatic heterocycles. The molecule has 0 radical (unpaired) electrons. The van der Waals surface area contributed by atoms with Crippen molar-refractivity contribution in [3.05, 3.63) is 0 Å². The third kappa shape index (κ3) is 117. The molecule has 0 fully saturated rings. The van der Waals surface area contributed by atoms with Gasteiger partial charge in [0, 0.05) is 14.2 Å². The minimum absolute atomic E-state index is 0.139. The minimum atomic E-state index is -0.954. The topological polar surface area (TPSA) is 179 Å². The van der Waals surface area contributed by atoms with Crippen molar-refractivity contribution in [3.8, 4) is 0 Å². The molecule has 1 unspecified atom stereocenters. The Kier molecular flexibility index (Phi) is 35.8. The number of urea groups is 1. The zero-order valence-corrected chi connectivity index (χ0v) is 11.0. The van der Waals surface area contributed by atoms with Crippen LogP contribution < -0.4 is 11.5 Å². The first-order valence-corrected chi connectivity index (χ1v) is 4.87. The van der Waals surface area contributed by atoms with Gasteiger partial charge < -0.3 is 41.7 Å². The van der Waals surface area contributed by atoms with E-state index in [0.717, 1.165) is 0 Å². The van der Waals surface area contributed by atoms with Crippen LogP contribution >= 0.6 is 0 Å². The first kappa shape index (κ1) is 25.8. The van der Waals surface area contributed by atoms with Gasteiger partial charge in [0.25, 0.3) is 0 Å². The van der Waals surface area contributed by atoms with Gasteiger partial charge in [-0.2, -0.15) is 0 Å². The largest absolute Gasteiger partial charge is 0.394 e. The average Bonchev–Trinajstić information content (AvgIpc) is 2.29. The number of amides is 2. The number of nitrogens with two attached hydrogens (primary N) is 2. The number of carbonyl (C=O) groups excluding carboxylic acids is 1. The zero-order valence-electron chi connectivity index (χ0n) is 11.0. The Balaban J connectivity index is -0.0000000750. The summed E-state index contributed by atoms with van der Waals surface area (Å²) in [7, 11) is 3.25. The highest BCUT2D eigenvalue weighted by Crippen LogP contribution is 1.71. The summed E-state index contributed by atoms with van der Waals surface area (Å²) >= 11 is 0. The normalized spacial score (nSPS) is 9.83. The second kappa shape index (κ2) is 25.0. The molecule has 0 saturated heterocycles. The Labute approximate surface area is 107 Å². The van der Waals surface area contributed by atoms with E-state index in [4.69, 9.17) is 30.3 Å². The zero-order chi connectivity index (χ0) is 15.6. The first-order valence-electron chi connectivity index (χ1n) is 4.87. The molecule has 2 amide bonds. The van der Waals surface area contributed by atoms with Gasteiger partial charge >= 0.3 is 6.03 Å². The van der Waals surface area contributed by atoms with Crippen LogP contribution in [0.25, 0.3) is 0 Å². The maximum Gasteiger partial charge on any atom is 0.309 e. The molecule has 0 heterocycles. The van der Waals surface area contributed by atoms with E-state index >= 15 is 0 Å². The summed E-state index contributed by atoms with van der Waals surface area (Å²) in [6.45, 7) is 0.660. The SMILES string of the molecule is CC(O)CO.COC.NC(N)=O.OCC(O)CO. The number of ether oxygens (including phenoxy) is 1. The lowest BCUT2D eigenvalue weighted by Gasteiger charge is -1.96. The molecule has 0 aromatic heterocycles. The molecule has 114 valence electrons. The highest BCUT2D eigenvalue weighted by atomic mass is 16.4. The lowest BCUT2D eigenvalue weighted by Crippen LogP contribution is -2.18. The van der Waals surface area contributed by atoms with E-state index in [1.165, 1.54) is 6.92 Å². The quantitative estimate of drug-likeness (QED) is 0.286. The Morgan fingerprint density at radius 1 is 1.06 bits per heavy atom. The molecule has 1 atom stereocenters. The van der Waals surface area contributed by atoms with E-state index in [1.807, 2.05) is 0 Å². The number of methoxy groups -OCH3 is 1. The van der Waals surface area contributed by atoms with E-state index in [-0.39, 0.29) is 19.8 Å². The number of rotatable bonds is 3. The van der Waals surface area contributed by atoms with Crippen LogP contribution in [0.1, 0.15) is 6.92 Å². The van der Waals surface area contributed by atoms with Crippen LogP contribution in [0.4, 0.5) is 4.79 Å². The van der Waals surface area contributed by atoms with Gasteiger partial charge in [-0.05, 0) is 6.92 Å². The van der Waals surface area contributed by atoms with Crippen LogP contribution in [0.15, 0.2) is 0 Å². The van der Waals surface area contributed by atoms with Crippen LogP contribution in [-0.4, -0.2) is 77.8 Å². The maximum absolute atomic E-state index is 9.00. The third-order valence-electron chi connectivity index (χ3n) is 0.686. The highest BCUT2D eigenvalue weighted by molar-refractivity contribution is 5.69. The predicted molar refractivity (Wildman–Crippen MR) is 65.6 cm³/mol. The summed E-state index contributed by atoms with van der Waals surface area (Å²) in [5.74, 6) is 0. The van der Waals surface area contributed by atoms with Crippen molar-refractivity contribution in [1.29, 1.82) is 0 Å². The molecule has 0 aromatic carbocycles. The Morgan fingerprint density at radius 2 is 1.22 bits per heavy atom. The average molecular weight is 274 g/mol. The van der Waals surface area contributed by atoms with Gasteiger partial charge in [0.1, 0.15) is 6.10 Å². The second-order valence-electron chi connectivity index (χ2n) is 2.86. The van der Waals surface area contributed by atoms with E-state index < -0.39 is 18.2 Å². The van der Waals surface area contributed by atoms with Crippen molar-refractivity contribution in [3.63, 3.8) is 0 Å². The van der Waals surface area contributed by atoms with Gasteiger partial charge in [0.2, 0.25) is 0 Å². The number of aliphatic hydroxyl groups is 5. The van der Waals surface area contributed by atoms with Crippen LogP contribution in [0, 0.1) is 0 Å². The number of hydrogen-bond donors (Lipinski definition) is 7. The highest BCUT2D eigenvalue weighted by Gasteiger charge is 1.93. The predicted octanol–water partition coefficient (Wildman–Crippen LogP) is -3.02. The molecular formula is C9H26N2O7. The van der Waals surface area contributed by atoms with Crippen molar-refractivity contribution in [2.75, 3.05) is 34.0 Å². The van der Waals surface area contributed by atoms with Gasteiger partial charge in [0.05, 0.1) is 25.9 Å². The molecule has 18 heavy (non-hydrogen) atoms. The monoisotopic (exact) mass is 274 g/mol. The summed E-state index contributed by atoms with van der Waals surface area (Å²) < 4.78 is 4.25. The summed E-state index contributed by atoms with van der Waals surface area (Å²) in [6, 6.07) is -0.833. The van der Waals surface area contributed by atoms with Gasteiger partial charge in [0.15, 0.2) is 0 Å². The second-order valence-corrected chi connectivity index (χ2v) is 2.86. The molecule has 9 N–H and O–H groups in total. The fraction of sp³-hybridized carbons (Fsp3) is 0.889. The van der Waals surface area contributed by atoms with Gasteiger partial charge in [-0.1, -0.05) is 0 Å². The Morgan fingerprint density at radius 3 is 1.22 bits per heavy atom. The molecule has 0 rings (SSSR count). The standard InChI is InChI=1S/C3H8O3.C3H8O2.C2H6O.CH4N2O/c4-1-3(6)2-5;1-3(5)2-4;1-3-2;2-1(3)4/h3-6H,1-2H2;3-5H,2H2,1H3;1-2H3;(H4,2,3,4). The van der Waals surface area contributed by atoms with Gasteiger partial charge in [-0.25, -0.2) is 4.79 Å². The number of carbonyl (C=O) groups is 1. The van der Waals surface area contributed by atoms with Crippen molar-refractivity contribution in [2.24, 2.45) is 11.5 Å². The van der Waals surface area contributed by atoms with E-state index in [1.54, 1.807) is 14.2 Å². The molecule has 0 bridgehead atoms. The molecule has 0 spiro atoms. The smallest absolute Gasteiger partial charge is 0.309 e. The third-order valence-corrected chi connectivity index (χ3v) is 0.686. The molecule has 0 aliphatic carbocycles. The summed E-state index contributed by atoms with van der Waals surface area (Å²) in [6.07, 6.45) is -1.51. The van der Waals surface area contributed by atoms with Crippen LogP contribution in [0.3, 0.4) is 0 Å². The van der Waals surface area contributed by atoms with Gasteiger partial charge in [-0.3, -0.25) is 0 Å². The van der Waals surface area contributed by atoms with Crippen molar-refractivity contribution in [1.82, 2.24) is 0 Å². The Hall–Kier alpha value is -0.970. The van der Waals surface area contributed by atoms with Crippen molar-refractivity contribution < 1.29 is 35.1 Å². The van der Waals surface area contributed by atoms with Crippen molar-refractivity contribution >= 4 is 6.03 Å².